The van der Waals surface area contributed by atoms with Crippen molar-refractivity contribution >= 4 is 121 Å². The van der Waals surface area contributed by atoms with Crippen LogP contribution in [0.25, 0.3) is 21.5 Å². The minimum Gasteiger partial charge on any atom is -0.465 e. The summed E-state index contributed by atoms with van der Waals surface area (Å²) in [6.07, 6.45) is -10.8. The minimum absolute atomic E-state index is 0.00955. The number of hydrogen-bond donors (Lipinski definition) is 12. The van der Waals surface area contributed by atoms with E-state index in [2.05, 4.69) is 21.3 Å². The molecular formula is C77H100Cl2N10O22S. The number of anilines is 3. The van der Waals surface area contributed by atoms with Gasteiger partial charge in [-0.3, -0.25) is 28.9 Å². The maximum atomic E-state index is 15.4. The third kappa shape index (κ3) is 21.8. The number of ether oxygens (including phenoxy) is 8. The average Bonchev–Trinajstić information content (AvgIpc) is 1.53. The second kappa shape index (κ2) is 41.9. The second-order valence-corrected chi connectivity index (χ2v) is 29.3. The monoisotopic (exact) mass is 1620 g/mol. The summed E-state index contributed by atoms with van der Waals surface area (Å²) in [6.45, 7) is 7.17. The van der Waals surface area contributed by atoms with Crippen LogP contribution in [-0.4, -0.2) is 275 Å². The fourth-order valence-corrected chi connectivity index (χ4v) is 15.3. The molecule has 1 unspecified atom stereocenters. The summed E-state index contributed by atoms with van der Waals surface area (Å²) in [5, 5.41) is 77.1. The molecule has 1 saturated heterocycles. The van der Waals surface area contributed by atoms with Gasteiger partial charge >= 0.3 is 18.2 Å². The van der Waals surface area contributed by atoms with E-state index in [1.807, 2.05) is 12.1 Å². The highest BCUT2D eigenvalue weighted by molar-refractivity contribution is 7.16. The van der Waals surface area contributed by atoms with Gasteiger partial charge in [-0.15, -0.1) is 34.5 Å². The molecule has 14 N–H and O–H groups in total. The second-order valence-electron chi connectivity index (χ2n) is 27.6. The van der Waals surface area contributed by atoms with Crippen molar-refractivity contribution in [1.29, 1.82) is 0 Å². The number of carbonyl (C=O) groups is 8. The number of carboxylic acid groups (broad SMARTS) is 2. The maximum absolute atomic E-state index is 15.4. The topological polar surface area (TPSA) is 445 Å². The Hall–Kier alpha value is -8.62. The number of nitrogens with one attached hydrogen (secondary N) is 4. The van der Waals surface area contributed by atoms with Crippen LogP contribution in [0.4, 0.5) is 31.4 Å². The van der Waals surface area contributed by atoms with Crippen LogP contribution in [0.2, 0.25) is 0 Å². The van der Waals surface area contributed by atoms with E-state index >= 15 is 9.59 Å². The molecule has 3 aliphatic rings. The van der Waals surface area contributed by atoms with Crippen molar-refractivity contribution in [3.63, 3.8) is 0 Å². The number of rotatable bonds is 43. The first-order valence-corrected chi connectivity index (χ1v) is 38.8. The van der Waals surface area contributed by atoms with Crippen LogP contribution >= 0.6 is 34.5 Å². The predicted octanol–water partition coefficient (Wildman–Crippen LogP) is 5.32. The summed E-state index contributed by atoms with van der Waals surface area (Å²) in [5.41, 5.74) is 12.1. The molecule has 10 atom stereocenters. The van der Waals surface area contributed by atoms with Gasteiger partial charge in [0.15, 0.2) is 0 Å². The van der Waals surface area contributed by atoms with Crippen molar-refractivity contribution in [1.82, 2.24) is 25.8 Å². The van der Waals surface area contributed by atoms with E-state index in [1.54, 1.807) is 86.6 Å². The molecule has 4 heterocycles. The first kappa shape index (κ1) is 87.3. The highest BCUT2D eigenvalue weighted by atomic mass is 35.5. The number of urea groups is 1. The van der Waals surface area contributed by atoms with Crippen LogP contribution in [0.1, 0.15) is 86.5 Å². The van der Waals surface area contributed by atoms with Crippen molar-refractivity contribution in [2.45, 2.75) is 99.7 Å². The number of primary amides is 1. The molecule has 9 amide bonds. The number of hydrogen-bond acceptors (Lipinski definition) is 22. The van der Waals surface area contributed by atoms with Gasteiger partial charge in [0.1, 0.15) is 42.2 Å². The highest BCUT2D eigenvalue weighted by Crippen LogP contribution is 2.50. The number of nitrogens with two attached hydrogens (primary N) is 2. The fraction of sp³-hybridized carbons (Fsp3) is 0.506. The van der Waals surface area contributed by atoms with E-state index in [9.17, 15) is 59.4 Å². The number of amides is 9. The molecule has 610 valence electrons. The van der Waals surface area contributed by atoms with Crippen LogP contribution in [0.5, 0.6) is 5.75 Å². The molecule has 0 radical (unpaired) electrons. The van der Waals surface area contributed by atoms with Gasteiger partial charge < -0.3 is 116 Å². The van der Waals surface area contributed by atoms with Crippen molar-refractivity contribution in [3.05, 3.63) is 129 Å². The molecule has 5 aromatic carbocycles. The Kier molecular flexibility index (Phi) is 32.7. The molecule has 112 heavy (non-hydrogen) atoms. The summed E-state index contributed by atoms with van der Waals surface area (Å²) in [5.74, 6) is -3.83. The van der Waals surface area contributed by atoms with Gasteiger partial charge in [0.25, 0.3) is 11.8 Å². The van der Waals surface area contributed by atoms with Gasteiger partial charge in [0, 0.05) is 99.5 Å². The van der Waals surface area contributed by atoms with Crippen molar-refractivity contribution in [3.8, 4) is 5.75 Å². The average molecular weight is 1620 g/mol. The first-order chi connectivity index (χ1) is 53.9. The Balaban J connectivity index is 0.902. The Morgan fingerprint density at radius 1 is 0.652 bits per heavy atom. The smallest absolute Gasteiger partial charge is 0.407 e. The number of benzene rings is 5. The lowest BCUT2D eigenvalue weighted by molar-refractivity contribution is -0.277. The van der Waals surface area contributed by atoms with Crippen LogP contribution in [0.15, 0.2) is 97.1 Å². The van der Waals surface area contributed by atoms with E-state index in [0.29, 0.717) is 116 Å². The number of carbonyl (C=O) groups excluding carboxylic acids is 6. The van der Waals surface area contributed by atoms with E-state index in [1.165, 1.54) is 36.0 Å². The SMILES string of the molecule is CC(C)[C@H](NC(=O)CCOCCOCCOCCOCCOCCOCCN)C(=O)N[C@@H](CCCNC(N)=O)C(=O)Nc1ccc(CC(CN(C)C(=O)O)(c2cc3c(c4ccccc24)[C@H](CCl)CN3C(=O)c2ccc(C(=O)N3C[C@@H](CCl)c4c3cc(O[C@@H]3O[C@H](CO)[C@H](O)[C@@H](O)[C@@H]3O)c3ccccc43)s2)N(C)C(=O)O)cc1. The van der Waals surface area contributed by atoms with Crippen LogP contribution in [0.3, 0.4) is 0 Å². The number of nitrogens with zero attached hydrogens (tertiary/aromatic N) is 4. The van der Waals surface area contributed by atoms with E-state index in [-0.39, 0.29) is 104 Å². The number of aliphatic hydroxyl groups excluding tert-OH is 4. The number of aliphatic hydroxyl groups is 4. The fourth-order valence-electron chi connectivity index (χ4n) is 13.9. The van der Waals surface area contributed by atoms with E-state index in [0.717, 1.165) is 26.7 Å². The Morgan fingerprint density at radius 2 is 1.17 bits per heavy atom. The molecule has 0 bridgehead atoms. The molecule has 1 fully saturated rings. The molecule has 32 nitrogen and oxygen atoms in total. The van der Waals surface area contributed by atoms with E-state index in [4.69, 9.17) is 72.6 Å². The zero-order valence-electron chi connectivity index (χ0n) is 62.8. The maximum Gasteiger partial charge on any atom is 0.407 e. The number of thiophene rings is 1. The Labute approximate surface area is 661 Å². The zero-order valence-corrected chi connectivity index (χ0v) is 65.1. The minimum atomic E-state index is -1.79. The summed E-state index contributed by atoms with van der Waals surface area (Å²) in [6, 6.07) is 24.0. The quantitative estimate of drug-likeness (QED) is 0.0170. The zero-order chi connectivity index (χ0) is 80.8. The lowest BCUT2D eigenvalue weighted by Gasteiger charge is -2.44. The molecule has 6 aromatic rings. The molecule has 9 rings (SSSR count). The predicted molar refractivity (Wildman–Crippen MR) is 418 cm³/mol. The molecule has 1 aromatic heterocycles. The normalized spacial score (nSPS) is 19.0. The van der Waals surface area contributed by atoms with Gasteiger partial charge in [-0.1, -0.05) is 74.5 Å². The van der Waals surface area contributed by atoms with Gasteiger partial charge in [-0.25, -0.2) is 14.4 Å². The van der Waals surface area contributed by atoms with Gasteiger partial charge in [0.05, 0.1) is 113 Å². The number of likely N-dealkylation sites (N-methyl/N-ethyl adjacent to an activating group) is 2. The lowest BCUT2D eigenvalue weighted by atomic mass is 9.78. The molecule has 3 aliphatic heterocycles. The Bertz CT molecular complexity index is 4200. The van der Waals surface area contributed by atoms with Crippen molar-refractivity contribution < 1.29 is 107 Å². The number of alkyl halides is 2. The summed E-state index contributed by atoms with van der Waals surface area (Å²) < 4.78 is 44.8. The van der Waals surface area contributed by atoms with Crippen LogP contribution < -0.4 is 47.3 Å². The summed E-state index contributed by atoms with van der Waals surface area (Å²) >= 11 is 14.4. The molecule has 0 saturated carbocycles. The lowest BCUT2D eigenvalue weighted by Crippen LogP contribution is -2.60. The van der Waals surface area contributed by atoms with Crippen LogP contribution in [-0.2, 0) is 59.5 Å². The largest absolute Gasteiger partial charge is 0.465 e. The van der Waals surface area contributed by atoms with Gasteiger partial charge in [-0.2, -0.15) is 0 Å². The number of fused-ring (bicyclic) bond motifs is 6. The van der Waals surface area contributed by atoms with Crippen molar-refractivity contribution in [2.75, 3.05) is 160 Å². The van der Waals surface area contributed by atoms with Gasteiger partial charge in [-0.05, 0) is 87.5 Å². The number of halogens is 2. The standard InChI is InChI=1S/C77H100Cl2N10O22S/c1-45(2)65(85-62(91)21-24-104-26-28-106-30-32-108-34-35-109-33-31-107-29-27-105-25-22-80)70(96)84-55(14-9-23-82-74(81)99)69(95)83-49-17-15-46(16-18-49)38-77(87(4)76(102)103,44-86(3)75(100)101)54-36-56-63(52-12-7-5-10-50(52)54)47(39-78)41-88(56)71(97)60-19-20-61(112-60)72(98)89-42-48(40-79)64-53-13-8-6-11-51(53)58(37-57(64)89)110-73-68(94)67(93)66(92)59(43-90)111-73/h5-8,10-13,15-20,36-37,45,47-48,55,59,65-68,73,90,92-94H,9,14,21-35,38-44,80H2,1-4H3,(H,83,95)(H,84,96)(H,85,91)(H,100,101)(H,102,103)(H3,81,82,99)/t47-,48-,55+,59-,65+,66+,67-,68+,73-,77?/m1/s1. The van der Waals surface area contributed by atoms with Crippen molar-refractivity contribution in [2.24, 2.45) is 17.4 Å². The molecule has 0 spiro atoms. The summed E-state index contributed by atoms with van der Waals surface area (Å²) in [7, 11) is 2.63. The first-order valence-electron chi connectivity index (χ1n) is 36.9. The Morgan fingerprint density at radius 3 is 1.68 bits per heavy atom. The molecule has 0 aliphatic carbocycles. The summed E-state index contributed by atoms with van der Waals surface area (Å²) in [4.78, 5) is 116. The molecule has 35 heteroatoms. The third-order valence-corrected chi connectivity index (χ3v) is 21.5. The van der Waals surface area contributed by atoms with Gasteiger partial charge in [0.2, 0.25) is 24.0 Å². The third-order valence-electron chi connectivity index (χ3n) is 19.7. The highest BCUT2D eigenvalue weighted by Gasteiger charge is 2.48. The van der Waals surface area contributed by atoms with Crippen LogP contribution in [0, 0.1) is 5.92 Å². The molecular weight excluding hydrogens is 1520 g/mol. The van der Waals surface area contributed by atoms with E-state index < -0.39 is 121 Å².